The van der Waals surface area contributed by atoms with E-state index in [9.17, 15) is 13.0 Å². The van der Waals surface area contributed by atoms with Gasteiger partial charge >= 0.3 is 0 Å². The maximum absolute atomic E-state index is 10.8. The Morgan fingerprint density at radius 2 is 2.16 bits per heavy atom. The standard InChI is InChI=1S/C13H19NO4S/c1-9-3-4-12(10(2)14-9)13-7-11(5-6-18-13)8-19(15,16)17/h3-4,11,13H,5-8H2,1-2H3,(H,15,16,17)/p-1. The highest BCUT2D eigenvalue weighted by Gasteiger charge is 2.26. The Balaban J connectivity index is 2.12. The number of hydrogen-bond donors (Lipinski definition) is 0. The van der Waals surface area contributed by atoms with Crippen LogP contribution >= 0.6 is 0 Å². The van der Waals surface area contributed by atoms with Crippen molar-refractivity contribution >= 4 is 10.1 Å². The summed E-state index contributed by atoms with van der Waals surface area (Å²) in [5.74, 6) is -0.424. The molecule has 2 rings (SSSR count). The molecule has 0 radical (unpaired) electrons. The van der Waals surface area contributed by atoms with Gasteiger partial charge in [0.05, 0.1) is 16.2 Å². The molecular formula is C13H18NO4S-. The van der Waals surface area contributed by atoms with Gasteiger partial charge in [-0.3, -0.25) is 4.98 Å². The number of hydrogen-bond acceptors (Lipinski definition) is 5. The van der Waals surface area contributed by atoms with Crippen LogP contribution < -0.4 is 0 Å². The predicted octanol–water partition coefficient (Wildman–Crippen LogP) is 1.71. The summed E-state index contributed by atoms with van der Waals surface area (Å²) in [7, 11) is -4.17. The van der Waals surface area contributed by atoms with Gasteiger partial charge in [-0.1, -0.05) is 6.07 Å². The van der Waals surface area contributed by atoms with Crippen LogP contribution in [0.25, 0.3) is 0 Å². The number of nitrogens with zero attached hydrogens (tertiary/aromatic N) is 1. The van der Waals surface area contributed by atoms with Gasteiger partial charge in [0.2, 0.25) is 0 Å². The smallest absolute Gasteiger partial charge is 0.0948 e. The van der Waals surface area contributed by atoms with Crippen LogP contribution in [0.2, 0.25) is 0 Å². The lowest BCUT2D eigenvalue weighted by Crippen LogP contribution is -2.26. The fraction of sp³-hybridized carbons (Fsp3) is 0.615. The summed E-state index contributed by atoms with van der Waals surface area (Å²) in [5.41, 5.74) is 2.82. The van der Waals surface area contributed by atoms with Crippen LogP contribution in [0.4, 0.5) is 0 Å². The first kappa shape index (κ1) is 14.4. The van der Waals surface area contributed by atoms with Crippen molar-refractivity contribution in [3.05, 3.63) is 29.1 Å². The van der Waals surface area contributed by atoms with Crippen LogP contribution in [0.15, 0.2) is 12.1 Å². The molecule has 1 saturated heterocycles. The minimum Gasteiger partial charge on any atom is -0.748 e. The second-order valence-corrected chi connectivity index (χ2v) is 6.55. The van der Waals surface area contributed by atoms with Crippen molar-refractivity contribution in [2.24, 2.45) is 5.92 Å². The highest BCUT2D eigenvalue weighted by atomic mass is 32.2. The molecule has 0 amide bonds. The number of aromatic nitrogens is 1. The van der Waals surface area contributed by atoms with Crippen LogP contribution in [-0.4, -0.2) is 30.3 Å². The maximum Gasteiger partial charge on any atom is 0.0948 e. The Morgan fingerprint density at radius 3 is 2.79 bits per heavy atom. The molecule has 19 heavy (non-hydrogen) atoms. The monoisotopic (exact) mass is 284 g/mol. The first-order valence-electron chi connectivity index (χ1n) is 6.34. The molecular weight excluding hydrogens is 266 g/mol. The third-order valence-corrected chi connectivity index (χ3v) is 4.32. The summed E-state index contributed by atoms with van der Waals surface area (Å²) in [4.78, 5) is 4.39. The average molecular weight is 284 g/mol. The van der Waals surface area contributed by atoms with Gasteiger partial charge in [0.1, 0.15) is 0 Å². The molecule has 0 saturated carbocycles. The summed E-state index contributed by atoms with van der Waals surface area (Å²) in [6, 6.07) is 3.88. The van der Waals surface area contributed by atoms with Gasteiger partial charge in [0.15, 0.2) is 0 Å². The van der Waals surface area contributed by atoms with Gasteiger partial charge in [0.25, 0.3) is 0 Å². The highest BCUT2D eigenvalue weighted by Crippen LogP contribution is 2.33. The third-order valence-electron chi connectivity index (χ3n) is 3.45. The Bertz CT molecular complexity index is 556. The van der Waals surface area contributed by atoms with Gasteiger partial charge in [-0.05, 0) is 38.7 Å². The van der Waals surface area contributed by atoms with E-state index in [-0.39, 0.29) is 17.8 Å². The van der Waals surface area contributed by atoms with Gasteiger partial charge < -0.3 is 9.29 Å². The van der Waals surface area contributed by atoms with Crippen molar-refractivity contribution in [3.8, 4) is 0 Å². The van der Waals surface area contributed by atoms with Crippen LogP contribution in [0, 0.1) is 19.8 Å². The van der Waals surface area contributed by atoms with E-state index in [2.05, 4.69) is 4.98 Å². The zero-order valence-corrected chi connectivity index (χ0v) is 11.9. The second-order valence-electron chi connectivity index (χ2n) is 5.10. The van der Waals surface area contributed by atoms with Gasteiger partial charge in [-0.25, -0.2) is 8.42 Å². The van der Waals surface area contributed by atoms with Crippen molar-refractivity contribution in [2.45, 2.75) is 32.8 Å². The van der Waals surface area contributed by atoms with Crippen LogP contribution in [0.3, 0.4) is 0 Å². The minimum atomic E-state index is -4.17. The van der Waals surface area contributed by atoms with E-state index in [1.165, 1.54) is 0 Å². The van der Waals surface area contributed by atoms with Crippen LogP contribution in [0.1, 0.15) is 35.9 Å². The zero-order valence-electron chi connectivity index (χ0n) is 11.1. The molecule has 106 valence electrons. The number of aryl methyl sites for hydroxylation is 2. The summed E-state index contributed by atoms with van der Waals surface area (Å²) in [5, 5.41) is 0. The molecule has 2 heterocycles. The zero-order chi connectivity index (χ0) is 14.0. The van der Waals surface area contributed by atoms with Gasteiger partial charge in [-0.15, -0.1) is 0 Å². The molecule has 0 N–H and O–H groups in total. The first-order valence-corrected chi connectivity index (χ1v) is 7.92. The molecule has 0 spiro atoms. The second kappa shape index (κ2) is 5.56. The lowest BCUT2D eigenvalue weighted by molar-refractivity contribution is -0.00645. The Morgan fingerprint density at radius 1 is 1.42 bits per heavy atom. The van der Waals surface area contributed by atoms with Crippen molar-refractivity contribution in [3.63, 3.8) is 0 Å². The van der Waals surface area contributed by atoms with E-state index in [1.807, 2.05) is 26.0 Å². The van der Waals surface area contributed by atoms with Crippen LogP contribution in [0.5, 0.6) is 0 Å². The Kier molecular flexibility index (Phi) is 4.23. The molecule has 2 unspecified atom stereocenters. The fourth-order valence-electron chi connectivity index (χ4n) is 2.56. The Labute approximate surface area is 113 Å². The van der Waals surface area contributed by atoms with Crippen molar-refractivity contribution in [1.29, 1.82) is 0 Å². The van der Waals surface area contributed by atoms with E-state index in [1.54, 1.807) is 0 Å². The summed E-state index contributed by atoms with van der Waals surface area (Å²) in [6.45, 7) is 4.32. The molecule has 0 bridgehead atoms. The highest BCUT2D eigenvalue weighted by molar-refractivity contribution is 7.85. The van der Waals surface area contributed by atoms with E-state index in [0.29, 0.717) is 19.4 Å². The number of pyridine rings is 1. The lowest BCUT2D eigenvalue weighted by atomic mass is 9.92. The summed E-state index contributed by atoms with van der Waals surface area (Å²) >= 11 is 0. The number of ether oxygens (including phenoxy) is 1. The topological polar surface area (TPSA) is 79.3 Å². The summed E-state index contributed by atoms with van der Waals surface area (Å²) < 4.78 is 38.2. The SMILES string of the molecule is Cc1ccc(C2CC(CS(=O)(=O)[O-])CCO2)c(C)n1. The Hall–Kier alpha value is -0.980. The average Bonchev–Trinajstić information content (AvgIpc) is 2.26. The largest absolute Gasteiger partial charge is 0.748 e. The normalized spacial score (nSPS) is 24.4. The lowest BCUT2D eigenvalue weighted by Gasteiger charge is -2.31. The van der Waals surface area contributed by atoms with E-state index < -0.39 is 10.1 Å². The molecule has 1 aromatic heterocycles. The molecule has 1 aromatic rings. The van der Waals surface area contributed by atoms with Gasteiger partial charge in [0, 0.05) is 29.3 Å². The van der Waals surface area contributed by atoms with Gasteiger partial charge in [-0.2, -0.15) is 0 Å². The van der Waals surface area contributed by atoms with Crippen molar-refractivity contribution in [2.75, 3.05) is 12.4 Å². The quantitative estimate of drug-likeness (QED) is 0.789. The fourth-order valence-corrected chi connectivity index (χ4v) is 3.44. The van der Waals surface area contributed by atoms with E-state index >= 15 is 0 Å². The third kappa shape index (κ3) is 3.99. The van der Waals surface area contributed by atoms with E-state index in [4.69, 9.17) is 4.74 Å². The molecule has 1 aliphatic rings. The van der Waals surface area contributed by atoms with Crippen molar-refractivity contribution < 1.29 is 17.7 Å². The molecule has 6 heteroatoms. The minimum absolute atomic E-state index is 0.123. The first-order chi connectivity index (χ1) is 8.85. The molecule has 0 aromatic carbocycles. The summed E-state index contributed by atoms with van der Waals surface area (Å²) in [6.07, 6.45) is 1.03. The van der Waals surface area contributed by atoms with E-state index in [0.717, 1.165) is 17.0 Å². The maximum atomic E-state index is 10.8. The predicted molar refractivity (Wildman–Crippen MR) is 69.7 cm³/mol. The molecule has 5 nitrogen and oxygen atoms in total. The molecule has 1 fully saturated rings. The molecule has 1 aliphatic heterocycles. The number of rotatable bonds is 3. The van der Waals surface area contributed by atoms with Crippen LogP contribution in [-0.2, 0) is 14.9 Å². The molecule has 2 atom stereocenters. The molecule has 0 aliphatic carbocycles. The van der Waals surface area contributed by atoms with Crippen molar-refractivity contribution in [1.82, 2.24) is 4.98 Å².